The lowest BCUT2D eigenvalue weighted by molar-refractivity contribution is 0.0994. The number of pyridine rings is 1. The topological polar surface area (TPSA) is 57.0 Å². The number of carbonyl (C=O) groups is 1. The minimum absolute atomic E-state index is 0.0280. The summed E-state index contributed by atoms with van der Waals surface area (Å²) in [6.07, 6.45) is 3.26. The second kappa shape index (κ2) is 4.96. The molecule has 22 heavy (non-hydrogen) atoms. The number of nitriles is 1. The molecule has 110 valence electrons. The summed E-state index contributed by atoms with van der Waals surface area (Å²) >= 11 is 0. The number of rotatable bonds is 1. The number of anilines is 1. The Morgan fingerprint density at radius 1 is 1.27 bits per heavy atom. The van der Waals surface area contributed by atoms with Crippen molar-refractivity contribution in [3.8, 4) is 6.07 Å². The quantitative estimate of drug-likeness (QED) is 0.806. The van der Waals surface area contributed by atoms with Crippen molar-refractivity contribution in [1.29, 1.82) is 5.26 Å². The van der Waals surface area contributed by atoms with Gasteiger partial charge in [0, 0.05) is 17.3 Å². The molecule has 0 radical (unpaired) electrons. The molecule has 0 aliphatic carbocycles. The van der Waals surface area contributed by atoms with E-state index in [0.717, 1.165) is 11.1 Å². The van der Waals surface area contributed by atoms with Gasteiger partial charge in [-0.05, 0) is 29.2 Å². The van der Waals surface area contributed by atoms with Crippen LogP contribution in [0.1, 0.15) is 48.3 Å². The highest BCUT2D eigenvalue weighted by Crippen LogP contribution is 2.38. The van der Waals surface area contributed by atoms with Gasteiger partial charge in [-0.3, -0.25) is 14.7 Å². The molecule has 0 fully saturated rings. The van der Waals surface area contributed by atoms with Crippen LogP contribution in [0.5, 0.6) is 0 Å². The van der Waals surface area contributed by atoms with E-state index in [1.165, 1.54) is 4.90 Å². The van der Waals surface area contributed by atoms with E-state index in [9.17, 15) is 10.1 Å². The lowest BCUT2D eigenvalue weighted by atomic mass is 9.85. The number of carbonyl (C=O) groups excluding carboxylic acids is 1. The van der Waals surface area contributed by atoms with Crippen LogP contribution in [0.4, 0.5) is 5.69 Å². The van der Waals surface area contributed by atoms with Crippen LogP contribution < -0.4 is 4.90 Å². The molecule has 3 rings (SSSR count). The van der Waals surface area contributed by atoms with Gasteiger partial charge in [0.2, 0.25) is 0 Å². The van der Waals surface area contributed by atoms with Gasteiger partial charge in [-0.2, -0.15) is 5.26 Å². The highest BCUT2D eigenvalue weighted by molar-refractivity contribution is 6.11. The smallest absolute Gasteiger partial charge is 0.260 e. The zero-order valence-corrected chi connectivity index (χ0v) is 12.9. The maximum Gasteiger partial charge on any atom is 0.260 e. The predicted octanol–water partition coefficient (Wildman–Crippen LogP) is 3.60. The van der Waals surface area contributed by atoms with Crippen LogP contribution >= 0.6 is 0 Å². The van der Waals surface area contributed by atoms with E-state index in [4.69, 9.17) is 0 Å². The number of amides is 1. The Balaban J connectivity index is 2.13. The lowest BCUT2D eigenvalue weighted by Crippen LogP contribution is -2.26. The van der Waals surface area contributed by atoms with Gasteiger partial charge in [-0.15, -0.1) is 0 Å². The van der Waals surface area contributed by atoms with E-state index in [2.05, 4.69) is 31.8 Å². The van der Waals surface area contributed by atoms with E-state index in [1.54, 1.807) is 24.5 Å². The number of aromatic nitrogens is 1. The second-order valence-electron chi connectivity index (χ2n) is 6.47. The van der Waals surface area contributed by atoms with Crippen molar-refractivity contribution in [2.24, 2.45) is 0 Å². The van der Waals surface area contributed by atoms with Crippen LogP contribution in [0.3, 0.4) is 0 Å². The summed E-state index contributed by atoms with van der Waals surface area (Å²) in [5, 5.41) is 9.59. The largest absolute Gasteiger partial charge is 0.286 e. The SMILES string of the molecule is CC(C)(C)c1ccc2c(c1)C(C#N)N(c1cccnc1)C2=O. The molecule has 0 saturated heterocycles. The molecule has 4 nitrogen and oxygen atoms in total. The number of hydrogen-bond donors (Lipinski definition) is 0. The molecule has 0 saturated carbocycles. The molecule has 1 atom stereocenters. The highest BCUT2D eigenvalue weighted by Gasteiger charge is 2.38. The zero-order valence-electron chi connectivity index (χ0n) is 12.9. The molecule has 0 bridgehead atoms. The first kappa shape index (κ1) is 14.3. The van der Waals surface area contributed by atoms with Gasteiger partial charge in [0.15, 0.2) is 6.04 Å². The molecule has 1 aliphatic heterocycles. The van der Waals surface area contributed by atoms with Crippen LogP contribution in [-0.2, 0) is 5.41 Å². The van der Waals surface area contributed by atoms with Crippen LogP contribution in [0, 0.1) is 11.3 Å². The van der Waals surface area contributed by atoms with Crippen LogP contribution in [0.15, 0.2) is 42.7 Å². The van der Waals surface area contributed by atoms with E-state index >= 15 is 0 Å². The first-order chi connectivity index (χ1) is 10.4. The average Bonchev–Trinajstić information content (AvgIpc) is 2.79. The molecule has 0 N–H and O–H groups in total. The van der Waals surface area contributed by atoms with Crippen molar-refractivity contribution in [2.75, 3.05) is 4.90 Å². The summed E-state index contributed by atoms with van der Waals surface area (Å²) in [5.74, 6) is -0.144. The first-order valence-electron chi connectivity index (χ1n) is 7.21. The predicted molar refractivity (Wildman–Crippen MR) is 84.5 cm³/mol. The van der Waals surface area contributed by atoms with E-state index in [1.807, 2.05) is 18.2 Å². The maximum absolute atomic E-state index is 12.7. The summed E-state index contributed by atoms with van der Waals surface area (Å²) in [7, 11) is 0. The minimum atomic E-state index is -0.603. The summed E-state index contributed by atoms with van der Waals surface area (Å²) in [5.41, 5.74) is 3.12. The van der Waals surface area contributed by atoms with Gasteiger partial charge in [-0.1, -0.05) is 32.9 Å². The fraction of sp³-hybridized carbons (Fsp3) is 0.278. The first-order valence-corrected chi connectivity index (χ1v) is 7.21. The third-order valence-electron chi connectivity index (χ3n) is 3.97. The molecule has 2 aromatic rings. The Morgan fingerprint density at radius 2 is 2.05 bits per heavy atom. The zero-order chi connectivity index (χ0) is 15.9. The van der Waals surface area contributed by atoms with Crippen molar-refractivity contribution in [3.63, 3.8) is 0 Å². The molecule has 1 aromatic carbocycles. The summed E-state index contributed by atoms with van der Waals surface area (Å²) in [6, 6.07) is 11.0. The van der Waals surface area contributed by atoms with Gasteiger partial charge >= 0.3 is 0 Å². The Hall–Kier alpha value is -2.67. The van der Waals surface area contributed by atoms with Gasteiger partial charge in [0.25, 0.3) is 5.91 Å². The molecule has 4 heteroatoms. The Bertz CT molecular complexity index is 769. The number of hydrogen-bond acceptors (Lipinski definition) is 3. The molecule has 1 amide bonds. The monoisotopic (exact) mass is 291 g/mol. The molecule has 0 spiro atoms. The van der Waals surface area contributed by atoms with Crippen molar-refractivity contribution >= 4 is 11.6 Å². The highest BCUT2D eigenvalue weighted by atomic mass is 16.2. The van der Waals surface area contributed by atoms with Gasteiger partial charge in [-0.25, -0.2) is 0 Å². The van der Waals surface area contributed by atoms with E-state index in [-0.39, 0.29) is 11.3 Å². The lowest BCUT2D eigenvalue weighted by Gasteiger charge is -2.21. The molecular weight excluding hydrogens is 274 g/mol. The van der Waals surface area contributed by atoms with Gasteiger partial charge < -0.3 is 0 Å². The van der Waals surface area contributed by atoms with Crippen LogP contribution in [-0.4, -0.2) is 10.9 Å². The van der Waals surface area contributed by atoms with Gasteiger partial charge in [0.05, 0.1) is 18.0 Å². The Morgan fingerprint density at radius 3 is 2.64 bits per heavy atom. The normalized spacial score (nSPS) is 17.3. The fourth-order valence-corrected chi connectivity index (χ4v) is 2.73. The standard InChI is InChI=1S/C18H17N3O/c1-18(2,3)12-6-7-14-15(9-12)16(10-19)21(17(14)22)13-5-4-8-20-11-13/h4-9,11,16H,1-3H3. The third-order valence-corrected chi connectivity index (χ3v) is 3.97. The molecule has 1 aromatic heterocycles. The molecule has 2 heterocycles. The average molecular weight is 291 g/mol. The Kier molecular flexibility index (Phi) is 3.22. The van der Waals surface area contributed by atoms with E-state index in [0.29, 0.717) is 11.3 Å². The molecule has 1 unspecified atom stereocenters. The summed E-state index contributed by atoms with van der Waals surface area (Å²) in [4.78, 5) is 18.2. The van der Waals surface area contributed by atoms with Crippen molar-refractivity contribution < 1.29 is 4.79 Å². The number of benzene rings is 1. The number of nitrogens with zero attached hydrogens (tertiary/aromatic N) is 3. The minimum Gasteiger partial charge on any atom is -0.286 e. The second-order valence-corrected chi connectivity index (χ2v) is 6.47. The molecular formula is C18H17N3O. The van der Waals surface area contributed by atoms with Crippen LogP contribution in [0.25, 0.3) is 0 Å². The van der Waals surface area contributed by atoms with Crippen molar-refractivity contribution in [1.82, 2.24) is 4.98 Å². The van der Waals surface area contributed by atoms with Gasteiger partial charge in [0.1, 0.15) is 0 Å². The molecule has 1 aliphatic rings. The number of fused-ring (bicyclic) bond motifs is 1. The summed E-state index contributed by atoms with van der Waals surface area (Å²) < 4.78 is 0. The summed E-state index contributed by atoms with van der Waals surface area (Å²) in [6.45, 7) is 6.35. The van der Waals surface area contributed by atoms with Crippen molar-refractivity contribution in [2.45, 2.75) is 32.2 Å². The Labute approximate surface area is 130 Å². The third kappa shape index (κ3) is 2.15. The van der Waals surface area contributed by atoms with Crippen molar-refractivity contribution in [3.05, 3.63) is 59.4 Å². The van der Waals surface area contributed by atoms with Crippen LogP contribution in [0.2, 0.25) is 0 Å². The van der Waals surface area contributed by atoms with E-state index < -0.39 is 6.04 Å². The fourth-order valence-electron chi connectivity index (χ4n) is 2.73. The maximum atomic E-state index is 12.7.